The summed E-state index contributed by atoms with van der Waals surface area (Å²) in [6.45, 7) is 3.63. The fourth-order valence-corrected chi connectivity index (χ4v) is 2.34. The smallest absolute Gasteiger partial charge is 0.460 e. The molecule has 0 bridgehead atoms. The first kappa shape index (κ1) is 31.4. The summed E-state index contributed by atoms with van der Waals surface area (Å²) in [5.41, 5.74) is 0.637. The molecule has 16 heteroatoms. The Balaban J connectivity index is 2.91. The van der Waals surface area contributed by atoms with Crippen LogP contribution >= 0.6 is 0 Å². The monoisotopic (exact) mass is 552 g/mol. The molecule has 0 atom stereocenters. The van der Waals surface area contributed by atoms with Gasteiger partial charge in [-0.3, -0.25) is 0 Å². The average Bonchev–Trinajstić information content (AvgIpc) is 2.72. The van der Waals surface area contributed by atoms with Crippen LogP contribution in [0, 0.1) is 0 Å². The van der Waals surface area contributed by atoms with Crippen molar-refractivity contribution < 1.29 is 71.3 Å². The number of alkyl halides is 13. The molecule has 0 heterocycles. The van der Waals surface area contributed by atoms with Crippen molar-refractivity contribution in [1.29, 1.82) is 0 Å². The van der Waals surface area contributed by atoms with E-state index in [1.807, 2.05) is 0 Å². The number of halogens is 13. The van der Waals surface area contributed by atoms with Crippen molar-refractivity contribution in [3.63, 3.8) is 0 Å². The fraction of sp³-hybridized carbons (Fsp3) is 0.550. The van der Waals surface area contributed by atoms with Gasteiger partial charge >= 0.3 is 41.8 Å². The molecular formula is C20H17F13O3. The number of hydrogen-bond acceptors (Lipinski definition) is 3. The van der Waals surface area contributed by atoms with Gasteiger partial charge < -0.3 is 9.47 Å². The summed E-state index contributed by atoms with van der Waals surface area (Å²) < 4.78 is 179. The van der Waals surface area contributed by atoms with Crippen LogP contribution in [0.3, 0.4) is 0 Å². The molecule has 206 valence electrons. The molecule has 1 aromatic carbocycles. The third kappa shape index (κ3) is 5.99. The van der Waals surface area contributed by atoms with Gasteiger partial charge in [-0.05, 0) is 31.2 Å². The second-order valence-corrected chi connectivity index (χ2v) is 7.47. The van der Waals surface area contributed by atoms with Crippen LogP contribution in [0.2, 0.25) is 0 Å². The third-order valence-corrected chi connectivity index (χ3v) is 4.54. The second-order valence-electron chi connectivity index (χ2n) is 7.47. The zero-order valence-electron chi connectivity index (χ0n) is 18.0. The molecule has 0 aliphatic heterocycles. The van der Waals surface area contributed by atoms with Crippen LogP contribution in [-0.4, -0.2) is 55.0 Å². The van der Waals surface area contributed by atoms with Crippen LogP contribution in [-0.2, 0) is 4.74 Å². The Labute approximate surface area is 194 Å². The lowest BCUT2D eigenvalue weighted by Gasteiger charge is -2.39. The van der Waals surface area contributed by atoms with Gasteiger partial charge in [0.2, 0.25) is 0 Å². The van der Waals surface area contributed by atoms with Crippen LogP contribution in [0.25, 0.3) is 0 Å². The summed E-state index contributed by atoms with van der Waals surface area (Å²) in [6.07, 6.45) is -9.60. The highest BCUT2D eigenvalue weighted by molar-refractivity contribution is 5.89. The summed E-state index contributed by atoms with van der Waals surface area (Å²) in [7, 11) is 0. The molecule has 0 aliphatic rings. The summed E-state index contributed by atoms with van der Waals surface area (Å²) >= 11 is 0. The zero-order chi connectivity index (χ0) is 28.4. The molecule has 0 spiro atoms. The molecule has 1 aromatic rings. The topological polar surface area (TPSA) is 35.5 Å². The number of carbonyl (C=O) groups excluding carboxylic acids is 1. The first-order valence-corrected chi connectivity index (χ1v) is 9.53. The molecule has 0 aromatic heterocycles. The maximum atomic E-state index is 13.7. The number of ether oxygens (including phenoxy) is 2. The maximum absolute atomic E-state index is 13.7. The highest BCUT2D eigenvalue weighted by Gasteiger charge is 2.90. The van der Waals surface area contributed by atoms with Crippen molar-refractivity contribution >= 4 is 5.97 Å². The highest BCUT2D eigenvalue weighted by Crippen LogP contribution is 2.60. The van der Waals surface area contributed by atoms with Gasteiger partial charge in [0.05, 0.1) is 25.2 Å². The van der Waals surface area contributed by atoms with Gasteiger partial charge in [0.25, 0.3) is 0 Å². The number of hydrogen-bond donors (Lipinski definition) is 0. The van der Waals surface area contributed by atoms with E-state index in [0.29, 0.717) is 12.0 Å². The summed E-state index contributed by atoms with van der Waals surface area (Å²) in [4.78, 5) is 11.8. The molecule has 0 saturated heterocycles. The van der Waals surface area contributed by atoms with Gasteiger partial charge in [-0.25, -0.2) is 4.79 Å². The molecule has 0 saturated carbocycles. The van der Waals surface area contributed by atoms with E-state index in [2.05, 4.69) is 11.3 Å². The predicted molar refractivity (Wildman–Crippen MR) is 97.1 cm³/mol. The quantitative estimate of drug-likeness (QED) is 0.155. The summed E-state index contributed by atoms with van der Waals surface area (Å²) in [5, 5.41) is 0. The van der Waals surface area contributed by atoms with Crippen LogP contribution < -0.4 is 4.74 Å². The number of rotatable bonds is 12. The first-order valence-electron chi connectivity index (χ1n) is 9.53. The van der Waals surface area contributed by atoms with Gasteiger partial charge in [-0.1, -0.05) is 5.57 Å². The lowest BCUT2D eigenvalue weighted by Crippen LogP contribution is -2.70. The van der Waals surface area contributed by atoms with E-state index < -0.39 is 60.5 Å². The van der Waals surface area contributed by atoms with Gasteiger partial charge in [0, 0.05) is 6.42 Å². The Morgan fingerprint density at radius 2 is 1.22 bits per heavy atom. The minimum Gasteiger partial charge on any atom is -0.493 e. The van der Waals surface area contributed by atoms with Crippen molar-refractivity contribution in [2.75, 3.05) is 13.2 Å². The van der Waals surface area contributed by atoms with Gasteiger partial charge in [-0.15, -0.1) is 6.58 Å². The lowest BCUT2D eigenvalue weighted by molar-refractivity contribution is -0.440. The molecule has 0 N–H and O–H groups in total. The fourth-order valence-electron chi connectivity index (χ4n) is 2.34. The molecule has 0 aliphatic carbocycles. The maximum Gasteiger partial charge on any atom is 0.460 e. The molecule has 0 amide bonds. The summed E-state index contributed by atoms with van der Waals surface area (Å²) in [6, 6.07) is 3.91. The lowest BCUT2D eigenvalue weighted by atomic mass is 9.93. The first-order chi connectivity index (χ1) is 16.0. The number of carbonyl (C=O) groups is 1. The van der Waals surface area contributed by atoms with E-state index in [9.17, 15) is 61.9 Å². The van der Waals surface area contributed by atoms with E-state index >= 15 is 0 Å². The minimum atomic E-state index is -7.94. The van der Waals surface area contributed by atoms with Crippen LogP contribution in [0.1, 0.15) is 30.1 Å². The normalized spacial score (nSPS) is 13.9. The van der Waals surface area contributed by atoms with Gasteiger partial charge in [0.15, 0.2) is 0 Å². The van der Waals surface area contributed by atoms with Crippen molar-refractivity contribution in [3.8, 4) is 5.75 Å². The van der Waals surface area contributed by atoms with Gasteiger partial charge in [-0.2, -0.15) is 57.1 Å². The largest absolute Gasteiger partial charge is 0.493 e. The Morgan fingerprint density at radius 1 is 0.750 bits per heavy atom. The minimum absolute atomic E-state index is 0.0195. The van der Waals surface area contributed by atoms with E-state index in [1.165, 1.54) is 0 Å². The van der Waals surface area contributed by atoms with Crippen LogP contribution in [0.4, 0.5) is 57.1 Å². The number of benzene rings is 1. The Morgan fingerprint density at radius 3 is 1.67 bits per heavy atom. The molecule has 36 heavy (non-hydrogen) atoms. The number of esters is 1. The predicted octanol–water partition coefficient (Wildman–Crippen LogP) is 7.32. The molecule has 0 radical (unpaired) electrons. The van der Waals surface area contributed by atoms with E-state index in [0.717, 1.165) is 24.3 Å². The van der Waals surface area contributed by atoms with Crippen LogP contribution in [0.5, 0.6) is 5.75 Å². The molecular weight excluding hydrogens is 535 g/mol. The van der Waals surface area contributed by atoms with Crippen molar-refractivity contribution in [3.05, 3.63) is 42.0 Å². The van der Waals surface area contributed by atoms with E-state index in [-0.39, 0.29) is 12.2 Å². The van der Waals surface area contributed by atoms with Gasteiger partial charge in [0.1, 0.15) is 5.75 Å². The second kappa shape index (κ2) is 10.4. The third-order valence-electron chi connectivity index (χ3n) is 4.54. The van der Waals surface area contributed by atoms with Crippen LogP contribution in [0.15, 0.2) is 36.4 Å². The summed E-state index contributed by atoms with van der Waals surface area (Å²) in [5.74, 6) is -38.4. The highest BCUT2D eigenvalue weighted by atomic mass is 19.4. The molecule has 3 nitrogen and oxygen atoms in total. The molecule has 1 rings (SSSR count). The van der Waals surface area contributed by atoms with E-state index in [4.69, 9.17) is 4.74 Å². The zero-order valence-corrected chi connectivity index (χ0v) is 18.0. The Hall–Kier alpha value is -2.68. The van der Waals surface area contributed by atoms with E-state index in [1.54, 1.807) is 6.92 Å². The average molecular weight is 552 g/mol. The Bertz CT molecular complexity index is 922. The van der Waals surface area contributed by atoms with Crippen molar-refractivity contribution in [1.82, 2.24) is 0 Å². The molecule has 0 unspecified atom stereocenters. The Kier molecular flexibility index (Phi) is 9.02. The van der Waals surface area contributed by atoms with Crippen molar-refractivity contribution in [2.24, 2.45) is 0 Å². The SMILES string of the molecule is C=C(C)CCOC(=O)c1ccc(OCCC(F)(F)C(F)(F)C(F)(F)C(F)(F)C(F)(F)C(F)(F)F)cc1. The standard InChI is InChI=1S/C20H17F13O3/c1-11(2)7-9-36-14(34)12-3-5-13(6-4-12)35-10-8-15(21,22)16(23,24)17(25,26)18(27,28)19(29,30)20(31,32)33/h3-6H,1,7-10H2,2H3. The molecule has 0 fully saturated rings. The van der Waals surface area contributed by atoms with Crippen molar-refractivity contribution in [2.45, 2.75) is 55.6 Å².